The summed E-state index contributed by atoms with van der Waals surface area (Å²) >= 11 is 1.49. The molecule has 0 spiro atoms. The molecule has 7 nitrogen and oxygen atoms in total. The maximum absolute atomic E-state index is 13.1. The van der Waals surface area contributed by atoms with Gasteiger partial charge < -0.3 is 15.6 Å². The molecule has 2 amide bonds. The highest BCUT2D eigenvalue weighted by atomic mass is 32.1. The Morgan fingerprint density at radius 1 is 0.900 bits per heavy atom. The van der Waals surface area contributed by atoms with Crippen LogP contribution in [0.3, 0.4) is 0 Å². The molecule has 0 bridgehead atoms. The number of rotatable bonds is 12. The van der Waals surface area contributed by atoms with E-state index in [1.54, 1.807) is 7.05 Å². The van der Waals surface area contributed by atoms with Crippen molar-refractivity contribution in [1.29, 1.82) is 0 Å². The van der Waals surface area contributed by atoms with Crippen LogP contribution in [0.5, 0.6) is 0 Å². The van der Waals surface area contributed by atoms with Crippen molar-refractivity contribution in [2.75, 3.05) is 7.05 Å². The largest absolute Gasteiger partial charge is 0.359 e. The molecule has 3 N–H and O–H groups in total. The SMILES string of the molecule is CNC(=O)CCCCCC(NC(=O)Cc1nc(-c2ccccc2)cs1)c1ncc(-c2ccc3ccccc3c2)[nH]1. The number of carbonyl (C=O) groups is 2. The molecule has 8 heteroatoms. The van der Waals surface area contributed by atoms with E-state index >= 15 is 0 Å². The Labute approximate surface area is 238 Å². The van der Waals surface area contributed by atoms with Gasteiger partial charge in [0.05, 0.1) is 30.0 Å². The highest BCUT2D eigenvalue weighted by Gasteiger charge is 2.20. The predicted octanol–water partition coefficient (Wildman–Crippen LogP) is 6.45. The third-order valence-corrected chi connectivity index (χ3v) is 7.78. The summed E-state index contributed by atoms with van der Waals surface area (Å²) in [6.07, 6.45) is 5.84. The van der Waals surface area contributed by atoms with Crippen LogP contribution in [0.2, 0.25) is 0 Å². The third-order valence-electron chi connectivity index (χ3n) is 6.93. The quantitative estimate of drug-likeness (QED) is 0.155. The monoisotopic (exact) mass is 551 g/mol. The second-order valence-electron chi connectivity index (χ2n) is 9.81. The fraction of sp³-hybridized carbons (Fsp3) is 0.250. The van der Waals surface area contributed by atoms with Crippen LogP contribution in [0.4, 0.5) is 0 Å². The molecule has 0 saturated heterocycles. The summed E-state index contributed by atoms with van der Waals surface area (Å²) in [4.78, 5) is 37.5. The van der Waals surface area contributed by atoms with Gasteiger partial charge in [-0.2, -0.15) is 0 Å². The van der Waals surface area contributed by atoms with Crippen molar-refractivity contribution in [2.45, 2.75) is 44.6 Å². The van der Waals surface area contributed by atoms with Gasteiger partial charge in [0.15, 0.2) is 0 Å². The Hall–Kier alpha value is -4.30. The van der Waals surface area contributed by atoms with Gasteiger partial charge in [0.25, 0.3) is 0 Å². The van der Waals surface area contributed by atoms with Gasteiger partial charge in [-0.15, -0.1) is 11.3 Å². The molecule has 0 radical (unpaired) electrons. The van der Waals surface area contributed by atoms with Crippen molar-refractivity contribution in [3.05, 3.63) is 95.2 Å². The first-order valence-corrected chi connectivity index (χ1v) is 14.5. The number of aromatic amines is 1. The number of unbranched alkanes of at least 4 members (excludes halogenated alkanes) is 2. The van der Waals surface area contributed by atoms with E-state index in [2.05, 4.69) is 55.9 Å². The van der Waals surface area contributed by atoms with Gasteiger partial charge in [-0.25, -0.2) is 9.97 Å². The first-order chi connectivity index (χ1) is 19.6. The lowest BCUT2D eigenvalue weighted by atomic mass is 10.1. The van der Waals surface area contributed by atoms with E-state index in [1.807, 2.05) is 54.0 Å². The zero-order valence-corrected chi connectivity index (χ0v) is 23.3. The molecule has 5 rings (SSSR count). The maximum Gasteiger partial charge on any atom is 0.227 e. The van der Waals surface area contributed by atoms with Crippen LogP contribution in [0, 0.1) is 0 Å². The van der Waals surface area contributed by atoms with Crippen LogP contribution in [0.25, 0.3) is 33.3 Å². The van der Waals surface area contributed by atoms with E-state index < -0.39 is 0 Å². The lowest BCUT2D eigenvalue weighted by Gasteiger charge is -2.17. The van der Waals surface area contributed by atoms with Crippen molar-refractivity contribution >= 4 is 33.9 Å². The van der Waals surface area contributed by atoms with E-state index in [-0.39, 0.29) is 24.3 Å². The van der Waals surface area contributed by atoms with Crippen LogP contribution in [-0.4, -0.2) is 33.8 Å². The Kier molecular flexibility index (Phi) is 8.98. The van der Waals surface area contributed by atoms with E-state index in [0.717, 1.165) is 64.4 Å². The number of imidazole rings is 1. The number of thiazole rings is 1. The number of carbonyl (C=O) groups excluding carboxylic acids is 2. The molecule has 0 aliphatic carbocycles. The van der Waals surface area contributed by atoms with E-state index in [9.17, 15) is 9.59 Å². The molecule has 1 atom stereocenters. The molecule has 5 aromatic rings. The highest BCUT2D eigenvalue weighted by Crippen LogP contribution is 2.26. The summed E-state index contributed by atoms with van der Waals surface area (Å²) in [6, 6.07) is 24.3. The molecule has 0 aliphatic heterocycles. The molecule has 204 valence electrons. The molecule has 3 aromatic carbocycles. The number of H-pyrrole nitrogens is 1. The first-order valence-electron chi connectivity index (χ1n) is 13.6. The fourth-order valence-electron chi connectivity index (χ4n) is 4.75. The zero-order valence-electron chi connectivity index (χ0n) is 22.5. The lowest BCUT2D eigenvalue weighted by Crippen LogP contribution is -2.30. The van der Waals surface area contributed by atoms with Crippen LogP contribution in [0.15, 0.2) is 84.4 Å². The molecule has 2 heterocycles. The maximum atomic E-state index is 13.1. The van der Waals surface area contributed by atoms with Crippen molar-refractivity contribution in [3.8, 4) is 22.5 Å². The van der Waals surface area contributed by atoms with Gasteiger partial charge in [0.1, 0.15) is 10.8 Å². The van der Waals surface area contributed by atoms with Gasteiger partial charge in [0.2, 0.25) is 11.8 Å². The summed E-state index contributed by atoms with van der Waals surface area (Å²) in [5.41, 5.74) is 3.88. The summed E-state index contributed by atoms with van der Waals surface area (Å²) in [7, 11) is 1.66. The third kappa shape index (κ3) is 7.01. The molecular weight excluding hydrogens is 518 g/mol. The Balaban J connectivity index is 1.28. The second kappa shape index (κ2) is 13.2. The number of hydrogen-bond donors (Lipinski definition) is 3. The molecule has 2 aromatic heterocycles. The van der Waals surface area contributed by atoms with Gasteiger partial charge >= 0.3 is 0 Å². The minimum absolute atomic E-state index is 0.0502. The summed E-state index contributed by atoms with van der Waals surface area (Å²) in [5.74, 6) is 0.689. The minimum atomic E-state index is -0.268. The van der Waals surface area contributed by atoms with Crippen molar-refractivity contribution in [1.82, 2.24) is 25.6 Å². The Morgan fingerprint density at radius 3 is 2.52 bits per heavy atom. The summed E-state index contributed by atoms with van der Waals surface area (Å²) < 4.78 is 0. The molecule has 40 heavy (non-hydrogen) atoms. The number of aromatic nitrogens is 3. The van der Waals surface area contributed by atoms with Crippen LogP contribution in [-0.2, 0) is 16.0 Å². The highest BCUT2D eigenvalue weighted by molar-refractivity contribution is 7.10. The molecular formula is C32H33N5O2S. The number of nitrogens with zero attached hydrogens (tertiary/aromatic N) is 2. The van der Waals surface area contributed by atoms with Crippen molar-refractivity contribution in [3.63, 3.8) is 0 Å². The lowest BCUT2D eigenvalue weighted by molar-refractivity contribution is -0.121. The van der Waals surface area contributed by atoms with Crippen LogP contribution < -0.4 is 10.6 Å². The zero-order chi connectivity index (χ0) is 27.7. The fourth-order valence-corrected chi connectivity index (χ4v) is 5.55. The summed E-state index contributed by atoms with van der Waals surface area (Å²) in [5, 5.41) is 11.0. The van der Waals surface area contributed by atoms with E-state index in [4.69, 9.17) is 0 Å². The van der Waals surface area contributed by atoms with Crippen molar-refractivity contribution in [2.24, 2.45) is 0 Å². The molecule has 0 saturated carbocycles. The Morgan fingerprint density at radius 2 is 1.70 bits per heavy atom. The minimum Gasteiger partial charge on any atom is -0.359 e. The standard InChI is InChI=1S/C32H33N5O2S/c1-33-29(38)15-7-3-6-14-26(35-30(39)19-31-36-28(21-40-31)23-11-4-2-5-12-23)32-34-20-27(37-32)25-17-16-22-10-8-9-13-24(22)18-25/h2,4-5,8-13,16-18,20-21,26H,3,6-7,14-15,19H2,1H3,(H,33,38)(H,34,37)(H,35,39). The number of fused-ring (bicyclic) bond motifs is 1. The molecule has 0 fully saturated rings. The molecule has 1 unspecified atom stereocenters. The number of hydrogen-bond acceptors (Lipinski definition) is 5. The first kappa shape index (κ1) is 27.3. The second-order valence-corrected chi connectivity index (χ2v) is 10.7. The number of benzene rings is 3. The molecule has 0 aliphatic rings. The van der Waals surface area contributed by atoms with E-state index in [1.165, 1.54) is 16.7 Å². The topological polar surface area (TPSA) is 99.8 Å². The van der Waals surface area contributed by atoms with Gasteiger partial charge in [0, 0.05) is 30.0 Å². The van der Waals surface area contributed by atoms with Crippen molar-refractivity contribution < 1.29 is 9.59 Å². The number of amides is 2. The predicted molar refractivity (Wildman–Crippen MR) is 161 cm³/mol. The van der Waals surface area contributed by atoms with Gasteiger partial charge in [-0.3, -0.25) is 9.59 Å². The number of nitrogens with one attached hydrogen (secondary N) is 3. The van der Waals surface area contributed by atoms with Gasteiger partial charge in [-0.1, -0.05) is 79.6 Å². The average Bonchev–Trinajstić information content (AvgIpc) is 3.67. The summed E-state index contributed by atoms with van der Waals surface area (Å²) in [6.45, 7) is 0. The average molecular weight is 552 g/mol. The van der Waals surface area contributed by atoms with Gasteiger partial charge in [-0.05, 0) is 29.7 Å². The van der Waals surface area contributed by atoms with Crippen LogP contribution in [0.1, 0.15) is 49.0 Å². The normalized spacial score (nSPS) is 11.8. The van der Waals surface area contributed by atoms with Crippen LogP contribution >= 0.6 is 11.3 Å². The smallest absolute Gasteiger partial charge is 0.227 e. The Bertz CT molecular complexity index is 1580. The van der Waals surface area contributed by atoms with E-state index in [0.29, 0.717) is 6.42 Å².